The Kier molecular flexibility index (Phi) is 2.69. The van der Waals surface area contributed by atoms with E-state index in [1.807, 2.05) is 65.6 Å². The normalized spacial score (nSPS) is 13.2. The summed E-state index contributed by atoms with van der Waals surface area (Å²) in [5, 5.41) is 0. The van der Waals surface area contributed by atoms with Crippen molar-refractivity contribution in [3.63, 3.8) is 0 Å². The summed E-state index contributed by atoms with van der Waals surface area (Å²) in [5.41, 5.74) is 2.80. The molecule has 1 amide bonds. The zero-order valence-corrected chi connectivity index (χ0v) is 9.91. The minimum Gasteiger partial charge on any atom is -0.304 e. The van der Waals surface area contributed by atoms with E-state index in [9.17, 15) is 4.79 Å². The first kappa shape index (κ1) is 10.8. The Balaban J connectivity index is 2.00. The van der Waals surface area contributed by atoms with Crippen LogP contribution in [0.5, 0.6) is 0 Å². The summed E-state index contributed by atoms with van der Waals surface area (Å²) in [6, 6.07) is 17.4. The molecule has 2 heteroatoms. The number of hydrogen-bond donors (Lipinski definition) is 0. The van der Waals surface area contributed by atoms with Gasteiger partial charge in [0.25, 0.3) is 5.91 Å². The van der Waals surface area contributed by atoms with Gasteiger partial charge in [0.2, 0.25) is 0 Å². The van der Waals surface area contributed by atoms with E-state index in [0.717, 1.165) is 16.8 Å². The van der Waals surface area contributed by atoms with Crippen LogP contribution in [0.2, 0.25) is 0 Å². The number of amides is 1. The molecule has 0 spiro atoms. The molecule has 0 aromatic heterocycles. The predicted octanol–water partition coefficient (Wildman–Crippen LogP) is 3.36. The van der Waals surface area contributed by atoms with Crippen molar-refractivity contribution in [3.8, 4) is 0 Å². The lowest BCUT2D eigenvalue weighted by Gasteiger charge is -2.26. The van der Waals surface area contributed by atoms with E-state index in [1.165, 1.54) is 0 Å². The van der Waals surface area contributed by atoms with Crippen LogP contribution in [0.4, 0.5) is 5.69 Å². The van der Waals surface area contributed by atoms with Gasteiger partial charge in [-0.1, -0.05) is 48.6 Å². The van der Waals surface area contributed by atoms with Crippen LogP contribution in [0.3, 0.4) is 0 Å². The van der Waals surface area contributed by atoms with Crippen LogP contribution in [0, 0.1) is 0 Å². The zero-order chi connectivity index (χ0) is 12.4. The van der Waals surface area contributed by atoms with E-state index in [4.69, 9.17) is 0 Å². The quantitative estimate of drug-likeness (QED) is 0.742. The van der Waals surface area contributed by atoms with Crippen LogP contribution in [-0.4, -0.2) is 12.5 Å². The Hall–Kier alpha value is -2.35. The highest BCUT2D eigenvalue weighted by molar-refractivity contribution is 6.07. The van der Waals surface area contributed by atoms with Crippen molar-refractivity contribution >= 4 is 17.7 Å². The lowest BCUT2D eigenvalue weighted by molar-refractivity contribution is 0.0989. The lowest BCUT2D eigenvalue weighted by atomic mass is 10.1. The number of anilines is 1. The summed E-state index contributed by atoms with van der Waals surface area (Å²) in [7, 11) is 0. The van der Waals surface area contributed by atoms with Gasteiger partial charge in [-0.15, -0.1) is 0 Å². The van der Waals surface area contributed by atoms with Gasteiger partial charge in [0.1, 0.15) is 0 Å². The largest absolute Gasteiger partial charge is 0.304 e. The number of hydrogen-bond acceptors (Lipinski definition) is 1. The fourth-order valence-electron chi connectivity index (χ4n) is 2.19. The molecule has 3 rings (SSSR count). The first-order valence-corrected chi connectivity index (χ1v) is 5.99. The van der Waals surface area contributed by atoms with Crippen molar-refractivity contribution in [3.05, 3.63) is 71.8 Å². The summed E-state index contributed by atoms with van der Waals surface area (Å²) < 4.78 is 0. The highest BCUT2D eigenvalue weighted by Crippen LogP contribution is 2.26. The number of para-hydroxylation sites is 1. The Morgan fingerprint density at radius 3 is 2.50 bits per heavy atom. The average molecular weight is 235 g/mol. The number of benzene rings is 2. The minimum absolute atomic E-state index is 0.0485. The monoisotopic (exact) mass is 235 g/mol. The second kappa shape index (κ2) is 4.49. The summed E-state index contributed by atoms with van der Waals surface area (Å²) in [4.78, 5) is 14.3. The van der Waals surface area contributed by atoms with Crippen LogP contribution < -0.4 is 4.90 Å². The van der Waals surface area contributed by atoms with Gasteiger partial charge in [-0.25, -0.2) is 0 Å². The molecule has 0 aliphatic carbocycles. The number of fused-ring (bicyclic) bond motifs is 1. The molecule has 18 heavy (non-hydrogen) atoms. The topological polar surface area (TPSA) is 20.3 Å². The molecule has 88 valence electrons. The lowest BCUT2D eigenvalue weighted by Crippen LogP contribution is -2.32. The molecule has 1 aliphatic rings. The Morgan fingerprint density at radius 1 is 0.944 bits per heavy atom. The Morgan fingerprint density at radius 2 is 1.67 bits per heavy atom. The smallest absolute Gasteiger partial charge is 0.258 e. The van der Waals surface area contributed by atoms with Gasteiger partial charge >= 0.3 is 0 Å². The summed E-state index contributed by atoms with van der Waals surface area (Å²) in [6.07, 6.45) is 4.08. The van der Waals surface area contributed by atoms with Crippen molar-refractivity contribution in [1.82, 2.24) is 0 Å². The molecule has 1 aliphatic heterocycles. The van der Waals surface area contributed by atoms with Crippen LogP contribution in [0.1, 0.15) is 15.9 Å². The third-order valence-corrected chi connectivity index (χ3v) is 3.08. The number of carbonyl (C=O) groups excluding carboxylic acids is 1. The maximum Gasteiger partial charge on any atom is 0.258 e. The van der Waals surface area contributed by atoms with E-state index < -0.39 is 0 Å². The Bertz CT molecular complexity index is 602. The molecule has 0 bridgehead atoms. The van der Waals surface area contributed by atoms with Crippen molar-refractivity contribution in [2.24, 2.45) is 0 Å². The van der Waals surface area contributed by atoms with Crippen molar-refractivity contribution in [2.45, 2.75) is 0 Å². The molecule has 2 aromatic carbocycles. The van der Waals surface area contributed by atoms with Crippen LogP contribution in [0.25, 0.3) is 6.08 Å². The van der Waals surface area contributed by atoms with Crippen molar-refractivity contribution in [2.75, 3.05) is 11.4 Å². The highest BCUT2D eigenvalue weighted by atomic mass is 16.2. The SMILES string of the molecule is O=C(c1ccccc1)N1CC=Cc2ccccc21. The fourth-order valence-corrected chi connectivity index (χ4v) is 2.19. The zero-order valence-electron chi connectivity index (χ0n) is 9.91. The maximum atomic E-state index is 12.5. The van der Waals surface area contributed by atoms with E-state index in [1.54, 1.807) is 0 Å². The van der Waals surface area contributed by atoms with E-state index >= 15 is 0 Å². The summed E-state index contributed by atoms with van der Waals surface area (Å²) in [6.45, 7) is 0.630. The molecule has 1 heterocycles. The van der Waals surface area contributed by atoms with Gasteiger partial charge in [0, 0.05) is 12.1 Å². The first-order valence-electron chi connectivity index (χ1n) is 5.99. The van der Waals surface area contributed by atoms with Gasteiger partial charge in [-0.05, 0) is 23.8 Å². The first-order chi connectivity index (χ1) is 8.86. The van der Waals surface area contributed by atoms with Crippen molar-refractivity contribution < 1.29 is 4.79 Å². The van der Waals surface area contributed by atoms with Crippen molar-refractivity contribution in [1.29, 1.82) is 0 Å². The van der Waals surface area contributed by atoms with Gasteiger partial charge < -0.3 is 4.90 Å². The Labute approximate surface area is 106 Å². The molecule has 0 radical (unpaired) electrons. The second-order valence-corrected chi connectivity index (χ2v) is 4.24. The van der Waals surface area contributed by atoms with E-state index in [-0.39, 0.29) is 5.91 Å². The molecule has 0 saturated heterocycles. The summed E-state index contributed by atoms with van der Waals surface area (Å²) in [5.74, 6) is 0.0485. The average Bonchev–Trinajstić information content (AvgIpc) is 2.47. The van der Waals surface area contributed by atoms with Crippen LogP contribution in [-0.2, 0) is 0 Å². The minimum atomic E-state index is 0.0485. The molecule has 0 fully saturated rings. The number of carbonyl (C=O) groups is 1. The third-order valence-electron chi connectivity index (χ3n) is 3.08. The number of rotatable bonds is 1. The molecule has 0 saturated carbocycles. The molecular weight excluding hydrogens is 222 g/mol. The van der Waals surface area contributed by atoms with E-state index in [0.29, 0.717) is 6.54 Å². The fraction of sp³-hybridized carbons (Fsp3) is 0.0625. The highest BCUT2D eigenvalue weighted by Gasteiger charge is 2.20. The van der Waals surface area contributed by atoms with Gasteiger partial charge in [-0.2, -0.15) is 0 Å². The van der Waals surface area contributed by atoms with Gasteiger partial charge in [0.15, 0.2) is 0 Å². The molecule has 0 unspecified atom stereocenters. The third kappa shape index (κ3) is 1.82. The maximum absolute atomic E-state index is 12.5. The van der Waals surface area contributed by atoms with Gasteiger partial charge in [0.05, 0.1) is 5.69 Å². The van der Waals surface area contributed by atoms with E-state index in [2.05, 4.69) is 6.08 Å². The molecule has 0 N–H and O–H groups in total. The summed E-state index contributed by atoms with van der Waals surface area (Å²) >= 11 is 0. The van der Waals surface area contributed by atoms with Gasteiger partial charge in [-0.3, -0.25) is 4.79 Å². The molecule has 0 atom stereocenters. The number of nitrogens with zero attached hydrogens (tertiary/aromatic N) is 1. The molecular formula is C16H13NO. The standard InChI is InChI=1S/C16H13NO/c18-16(14-8-2-1-3-9-14)17-12-6-10-13-7-4-5-11-15(13)17/h1-11H,12H2. The molecule has 2 aromatic rings. The predicted molar refractivity (Wildman–Crippen MR) is 73.6 cm³/mol. The molecule has 2 nitrogen and oxygen atoms in total. The van der Waals surface area contributed by atoms with Crippen LogP contribution >= 0.6 is 0 Å². The second-order valence-electron chi connectivity index (χ2n) is 4.24. The van der Waals surface area contributed by atoms with Crippen LogP contribution in [0.15, 0.2) is 60.7 Å².